The summed E-state index contributed by atoms with van der Waals surface area (Å²) in [6, 6.07) is 0. The summed E-state index contributed by atoms with van der Waals surface area (Å²) in [7, 11) is 3.23. The van der Waals surface area contributed by atoms with Crippen LogP contribution in [0.3, 0.4) is 0 Å². The van der Waals surface area contributed by atoms with Crippen LogP contribution in [0.5, 0.6) is 0 Å². The van der Waals surface area contributed by atoms with E-state index in [1.54, 1.807) is 10.9 Å². The lowest BCUT2D eigenvalue weighted by Gasteiger charge is -1.97. The Balaban J connectivity index is 2.17. The Labute approximate surface area is 88.7 Å². The van der Waals surface area contributed by atoms with Gasteiger partial charge in [-0.25, -0.2) is 4.79 Å². The lowest BCUT2D eigenvalue weighted by molar-refractivity contribution is -0.134. The van der Waals surface area contributed by atoms with E-state index >= 15 is 0 Å². The number of ether oxygens (including phenoxy) is 1. The van der Waals surface area contributed by atoms with Gasteiger partial charge in [0.05, 0.1) is 13.3 Å². The Morgan fingerprint density at radius 3 is 3.13 bits per heavy atom. The average molecular weight is 209 g/mol. The fraction of sp³-hybridized carbons (Fsp3) is 0.400. The minimum Gasteiger partial charge on any atom is -0.466 e. The van der Waals surface area contributed by atoms with Crippen LogP contribution in [0.1, 0.15) is 5.56 Å². The Kier molecular flexibility index (Phi) is 4.40. The van der Waals surface area contributed by atoms with Crippen molar-refractivity contribution in [3.63, 3.8) is 0 Å². The van der Waals surface area contributed by atoms with Crippen molar-refractivity contribution >= 4 is 5.97 Å². The molecule has 0 aliphatic carbocycles. The highest BCUT2D eigenvalue weighted by Gasteiger charge is 1.94. The molecule has 0 saturated heterocycles. The molecule has 1 aromatic rings. The van der Waals surface area contributed by atoms with E-state index in [0.29, 0.717) is 0 Å². The van der Waals surface area contributed by atoms with Crippen molar-refractivity contribution in [3.05, 3.63) is 30.2 Å². The molecular weight excluding hydrogens is 194 g/mol. The van der Waals surface area contributed by atoms with Crippen molar-refractivity contribution in [2.75, 3.05) is 13.7 Å². The zero-order valence-corrected chi connectivity index (χ0v) is 8.93. The number of hydrogen-bond acceptors (Lipinski definition) is 4. The number of aryl methyl sites for hydroxylation is 1. The van der Waals surface area contributed by atoms with Crippen molar-refractivity contribution in [2.45, 2.75) is 6.42 Å². The summed E-state index contributed by atoms with van der Waals surface area (Å²) in [5.41, 5.74) is 1.16. The summed E-state index contributed by atoms with van der Waals surface area (Å²) in [6.07, 6.45) is 7.60. The molecule has 1 N–H and O–H groups in total. The normalized spacial score (nSPS) is 10.5. The topological polar surface area (TPSA) is 56.1 Å². The van der Waals surface area contributed by atoms with E-state index < -0.39 is 0 Å². The van der Waals surface area contributed by atoms with Crippen LogP contribution in [0.15, 0.2) is 24.7 Å². The Bertz CT molecular complexity index is 344. The smallest absolute Gasteiger partial charge is 0.331 e. The van der Waals surface area contributed by atoms with Crippen molar-refractivity contribution < 1.29 is 9.53 Å². The van der Waals surface area contributed by atoms with Crippen LogP contribution >= 0.6 is 0 Å². The molecule has 1 heterocycles. The van der Waals surface area contributed by atoms with Gasteiger partial charge in [0.25, 0.3) is 0 Å². The molecule has 15 heavy (non-hydrogen) atoms. The molecule has 0 radical (unpaired) electrons. The molecule has 5 nitrogen and oxygen atoms in total. The number of carbonyl (C=O) groups excluding carboxylic acids is 1. The molecule has 0 bridgehead atoms. The summed E-state index contributed by atoms with van der Waals surface area (Å²) in [5, 5.41) is 7.04. The van der Waals surface area contributed by atoms with Gasteiger partial charge in [-0.3, -0.25) is 4.68 Å². The second-order valence-electron chi connectivity index (χ2n) is 3.08. The fourth-order valence-electron chi connectivity index (χ4n) is 1.10. The van der Waals surface area contributed by atoms with Crippen molar-refractivity contribution in [2.24, 2.45) is 7.05 Å². The van der Waals surface area contributed by atoms with Gasteiger partial charge >= 0.3 is 5.97 Å². The predicted molar refractivity (Wildman–Crippen MR) is 56.1 cm³/mol. The first kappa shape index (κ1) is 11.3. The van der Waals surface area contributed by atoms with Crippen LogP contribution in [0.4, 0.5) is 0 Å². The number of carbonyl (C=O) groups is 1. The summed E-state index contributed by atoms with van der Waals surface area (Å²) in [5.74, 6) is -0.358. The zero-order valence-electron chi connectivity index (χ0n) is 8.93. The number of nitrogens with zero attached hydrogens (tertiary/aromatic N) is 2. The maximum absolute atomic E-state index is 10.7. The monoisotopic (exact) mass is 209 g/mol. The minimum absolute atomic E-state index is 0.358. The van der Waals surface area contributed by atoms with Gasteiger partial charge in [-0.05, 0) is 12.0 Å². The summed E-state index contributed by atoms with van der Waals surface area (Å²) >= 11 is 0. The lowest BCUT2D eigenvalue weighted by Crippen LogP contribution is -2.10. The maximum atomic E-state index is 10.7. The van der Waals surface area contributed by atoms with Gasteiger partial charge in [-0.1, -0.05) is 0 Å². The first-order valence-electron chi connectivity index (χ1n) is 4.68. The number of esters is 1. The predicted octanol–water partition coefficient (Wildman–Crippen LogP) is 0.239. The van der Waals surface area contributed by atoms with Gasteiger partial charge in [0.15, 0.2) is 0 Å². The highest BCUT2D eigenvalue weighted by molar-refractivity contribution is 5.81. The molecule has 0 aliphatic heterocycles. The third-order valence-electron chi connectivity index (χ3n) is 1.85. The van der Waals surface area contributed by atoms with Gasteiger partial charge in [0.2, 0.25) is 0 Å². The van der Waals surface area contributed by atoms with E-state index in [4.69, 9.17) is 0 Å². The molecular formula is C10H15N3O2. The molecule has 0 aromatic carbocycles. The highest BCUT2D eigenvalue weighted by atomic mass is 16.5. The number of nitrogens with one attached hydrogen (secondary N) is 1. The summed E-state index contributed by atoms with van der Waals surface area (Å²) in [4.78, 5) is 10.7. The van der Waals surface area contributed by atoms with Crippen LogP contribution in [0, 0.1) is 0 Å². The molecule has 5 heteroatoms. The molecule has 0 unspecified atom stereocenters. The first-order valence-corrected chi connectivity index (χ1v) is 4.68. The van der Waals surface area contributed by atoms with Gasteiger partial charge in [0, 0.05) is 32.1 Å². The quantitative estimate of drug-likeness (QED) is 0.429. The lowest BCUT2D eigenvalue weighted by atomic mass is 10.2. The Morgan fingerprint density at radius 2 is 2.53 bits per heavy atom. The average Bonchev–Trinajstić information content (AvgIpc) is 2.63. The third-order valence-corrected chi connectivity index (χ3v) is 1.85. The molecule has 0 fully saturated rings. The SMILES string of the molecule is COC(=O)/C=C/NCCc1cnn(C)c1. The van der Waals surface area contributed by atoms with Crippen LogP contribution in [-0.4, -0.2) is 29.4 Å². The van der Waals surface area contributed by atoms with Gasteiger partial charge < -0.3 is 10.1 Å². The van der Waals surface area contributed by atoms with E-state index in [0.717, 1.165) is 18.5 Å². The van der Waals surface area contributed by atoms with E-state index in [2.05, 4.69) is 15.2 Å². The van der Waals surface area contributed by atoms with Crippen molar-refractivity contribution in [1.29, 1.82) is 0 Å². The fourth-order valence-corrected chi connectivity index (χ4v) is 1.10. The van der Waals surface area contributed by atoms with E-state index in [1.807, 2.05) is 19.4 Å². The number of methoxy groups -OCH3 is 1. The molecule has 1 rings (SSSR count). The molecule has 82 valence electrons. The minimum atomic E-state index is -0.358. The third kappa shape index (κ3) is 4.30. The van der Waals surface area contributed by atoms with Crippen LogP contribution in [0.2, 0.25) is 0 Å². The van der Waals surface area contributed by atoms with Crippen LogP contribution in [-0.2, 0) is 23.0 Å². The van der Waals surface area contributed by atoms with Crippen molar-refractivity contribution in [3.8, 4) is 0 Å². The van der Waals surface area contributed by atoms with E-state index in [-0.39, 0.29) is 5.97 Å². The first-order chi connectivity index (χ1) is 7.22. The Hall–Kier alpha value is -1.78. The molecule has 0 atom stereocenters. The van der Waals surface area contributed by atoms with Gasteiger partial charge in [0.1, 0.15) is 0 Å². The molecule has 0 spiro atoms. The Morgan fingerprint density at radius 1 is 1.73 bits per heavy atom. The van der Waals surface area contributed by atoms with Crippen molar-refractivity contribution in [1.82, 2.24) is 15.1 Å². The summed E-state index contributed by atoms with van der Waals surface area (Å²) in [6.45, 7) is 0.763. The second kappa shape index (κ2) is 5.85. The molecule has 0 amide bonds. The largest absolute Gasteiger partial charge is 0.466 e. The van der Waals surface area contributed by atoms with Crippen LogP contribution in [0.25, 0.3) is 0 Å². The van der Waals surface area contributed by atoms with Gasteiger partial charge in [-0.15, -0.1) is 0 Å². The van der Waals surface area contributed by atoms with Gasteiger partial charge in [-0.2, -0.15) is 5.10 Å². The second-order valence-corrected chi connectivity index (χ2v) is 3.08. The number of rotatable bonds is 5. The van der Waals surface area contributed by atoms with Crippen LogP contribution < -0.4 is 5.32 Å². The van der Waals surface area contributed by atoms with E-state index in [9.17, 15) is 4.79 Å². The molecule has 0 saturated carbocycles. The highest BCUT2D eigenvalue weighted by Crippen LogP contribution is 1.95. The molecule has 0 aliphatic rings. The number of hydrogen-bond donors (Lipinski definition) is 1. The van der Waals surface area contributed by atoms with E-state index in [1.165, 1.54) is 13.2 Å². The number of aromatic nitrogens is 2. The maximum Gasteiger partial charge on any atom is 0.331 e. The molecule has 1 aromatic heterocycles. The zero-order chi connectivity index (χ0) is 11.1. The summed E-state index contributed by atoms with van der Waals surface area (Å²) < 4.78 is 6.20. The standard InChI is InChI=1S/C10H15N3O2/c1-13-8-9(7-12-13)3-5-11-6-4-10(14)15-2/h4,6-8,11H,3,5H2,1-2H3/b6-4+.